The van der Waals surface area contributed by atoms with Gasteiger partial charge >= 0.3 is 5.63 Å². The van der Waals surface area contributed by atoms with Crippen LogP contribution in [0.2, 0.25) is 0 Å². The van der Waals surface area contributed by atoms with Crippen molar-refractivity contribution in [3.05, 3.63) is 104 Å². The summed E-state index contributed by atoms with van der Waals surface area (Å²) < 4.78 is 11.9. The van der Waals surface area contributed by atoms with Crippen LogP contribution in [0.1, 0.15) is 18.1 Å². The van der Waals surface area contributed by atoms with Crippen LogP contribution in [0.4, 0.5) is 0 Å². The largest absolute Gasteiger partial charge is 0.483 e. The highest BCUT2D eigenvalue weighted by atomic mass is 16.5. The van der Waals surface area contributed by atoms with Gasteiger partial charge in [0.05, 0.1) is 5.56 Å². The summed E-state index contributed by atoms with van der Waals surface area (Å²) in [5.74, 6) is 0.505. The van der Waals surface area contributed by atoms with Gasteiger partial charge in [0.15, 0.2) is 5.71 Å². The van der Waals surface area contributed by atoms with Crippen molar-refractivity contribution in [2.45, 2.75) is 20.0 Å². The predicted octanol–water partition coefficient (Wildman–Crippen LogP) is 3.36. The van der Waals surface area contributed by atoms with Gasteiger partial charge in [-0.15, -0.1) is 0 Å². The third-order valence-electron chi connectivity index (χ3n) is 6.00. The number of oxime groups is 1. The predicted molar refractivity (Wildman–Crippen MR) is 119 cm³/mol. The van der Waals surface area contributed by atoms with Gasteiger partial charge in [0.25, 0.3) is 0 Å². The van der Waals surface area contributed by atoms with E-state index in [1.807, 2.05) is 80.6 Å². The van der Waals surface area contributed by atoms with Crippen LogP contribution < -0.4 is 16.3 Å². The van der Waals surface area contributed by atoms with Crippen molar-refractivity contribution in [2.24, 2.45) is 11.1 Å². The van der Waals surface area contributed by atoms with E-state index in [-0.39, 0.29) is 17.6 Å². The Morgan fingerprint density at radius 2 is 1.65 bits per heavy atom. The summed E-state index contributed by atoms with van der Waals surface area (Å²) in [7, 11) is 0. The van der Waals surface area contributed by atoms with E-state index in [1.54, 1.807) is 0 Å². The summed E-state index contributed by atoms with van der Waals surface area (Å²) >= 11 is 0. The molecule has 5 heteroatoms. The van der Waals surface area contributed by atoms with E-state index in [1.165, 1.54) is 0 Å². The average Bonchev–Trinajstić information content (AvgIpc) is 3.10. The lowest BCUT2D eigenvalue weighted by atomic mass is 9.89. The molecule has 0 bridgehead atoms. The van der Waals surface area contributed by atoms with E-state index in [2.05, 4.69) is 11.2 Å². The Morgan fingerprint density at radius 3 is 2.32 bits per heavy atom. The summed E-state index contributed by atoms with van der Waals surface area (Å²) in [6, 6.07) is 19.0. The van der Waals surface area contributed by atoms with Crippen molar-refractivity contribution in [2.75, 3.05) is 0 Å². The summed E-state index contributed by atoms with van der Waals surface area (Å²) in [4.78, 5) is 12.8. The number of ether oxygens (including phenoxy) is 1. The Kier molecular flexibility index (Phi) is 4.59. The van der Waals surface area contributed by atoms with Gasteiger partial charge in [-0.05, 0) is 30.5 Å². The van der Waals surface area contributed by atoms with Gasteiger partial charge in [0.1, 0.15) is 17.3 Å². The molecule has 1 N–H and O–H groups in total. The molecule has 0 saturated carbocycles. The maximum absolute atomic E-state index is 12.8. The van der Waals surface area contributed by atoms with Crippen molar-refractivity contribution >= 4 is 17.9 Å². The molecule has 1 aliphatic heterocycles. The molecule has 154 valence electrons. The maximum Gasteiger partial charge on any atom is 0.344 e. The molecule has 2 aliphatic rings. The number of hydrogen-bond donors (Lipinski definition) is 1. The Balaban J connectivity index is 1.65. The van der Waals surface area contributed by atoms with Crippen LogP contribution >= 0.6 is 0 Å². The first-order valence-corrected chi connectivity index (χ1v) is 10.2. The van der Waals surface area contributed by atoms with E-state index in [0.29, 0.717) is 22.4 Å². The minimum absolute atomic E-state index is 0.0435. The first-order chi connectivity index (χ1) is 15.1. The zero-order valence-electron chi connectivity index (χ0n) is 17.2. The van der Waals surface area contributed by atoms with Gasteiger partial charge in [-0.2, -0.15) is 0 Å². The fourth-order valence-electron chi connectivity index (χ4n) is 4.41. The highest BCUT2D eigenvalue weighted by Gasteiger charge is 2.36. The normalized spacial score (nSPS) is 19.7. The number of rotatable bonds is 3. The molecule has 0 unspecified atom stereocenters. The first-order valence-electron chi connectivity index (χ1n) is 10.2. The van der Waals surface area contributed by atoms with Crippen LogP contribution in [0.5, 0.6) is 0 Å². The van der Waals surface area contributed by atoms with Crippen LogP contribution in [0.15, 0.2) is 86.4 Å². The van der Waals surface area contributed by atoms with Crippen molar-refractivity contribution in [3.63, 3.8) is 0 Å². The van der Waals surface area contributed by atoms with E-state index in [4.69, 9.17) is 9.15 Å². The monoisotopic (exact) mass is 411 g/mol. The zero-order chi connectivity index (χ0) is 21.5. The van der Waals surface area contributed by atoms with Crippen molar-refractivity contribution < 1.29 is 14.4 Å². The molecule has 2 heterocycles. The minimum atomic E-state index is -0.365. The smallest absolute Gasteiger partial charge is 0.344 e. The molecular weight excluding hydrogens is 390 g/mol. The molecule has 0 radical (unpaired) electrons. The number of fused-ring (bicyclic) bond motifs is 2. The number of allylic oxidation sites excluding steroid dienone is 1. The van der Waals surface area contributed by atoms with Gasteiger partial charge in [0.2, 0.25) is 0 Å². The molecule has 0 saturated heterocycles. The molecule has 5 rings (SSSR count). The summed E-state index contributed by atoms with van der Waals surface area (Å²) in [5.41, 5.74) is 4.57. The minimum Gasteiger partial charge on any atom is -0.483 e. The van der Waals surface area contributed by atoms with Crippen LogP contribution in [0.3, 0.4) is 0 Å². The molecule has 31 heavy (non-hydrogen) atoms. The van der Waals surface area contributed by atoms with Crippen LogP contribution in [-0.2, 0) is 4.74 Å². The van der Waals surface area contributed by atoms with Gasteiger partial charge in [-0.3, -0.25) is 0 Å². The standard InChI is InChI=1S/C26H21NO4/c1-15-19-13-20-16(2)25(24(27-29)18-11-7-4-8-12-18)30-21(20)14-22(19)31-26(28)23(15)17-9-5-3-6-10-17/h3-14,20-21,29H,1-2H3/b27-24-/t20-,21+/m1/s1. The lowest BCUT2D eigenvalue weighted by molar-refractivity contribution is 0.191. The molecule has 2 atom stereocenters. The highest BCUT2D eigenvalue weighted by Crippen LogP contribution is 2.36. The third-order valence-corrected chi connectivity index (χ3v) is 6.00. The Labute approximate surface area is 178 Å². The Hall–Kier alpha value is -3.86. The van der Waals surface area contributed by atoms with Gasteiger partial charge < -0.3 is 14.4 Å². The van der Waals surface area contributed by atoms with Gasteiger partial charge in [-0.25, -0.2) is 4.79 Å². The quantitative estimate of drug-likeness (QED) is 0.408. The molecule has 0 fully saturated rings. The molecule has 3 aromatic rings. The molecule has 0 spiro atoms. The fraction of sp³-hybridized carbons (Fsp3) is 0.154. The second-order valence-corrected chi connectivity index (χ2v) is 7.80. The lowest BCUT2D eigenvalue weighted by Crippen LogP contribution is -2.39. The summed E-state index contributed by atoms with van der Waals surface area (Å²) in [6.07, 6.45) is 3.61. The average molecular weight is 411 g/mol. The van der Waals surface area contributed by atoms with E-state index < -0.39 is 0 Å². The van der Waals surface area contributed by atoms with Crippen molar-refractivity contribution in [1.82, 2.24) is 0 Å². The Bertz CT molecular complexity index is 1400. The molecule has 1 aromatic heterocycles. The van der Waals surface area contributed by atoms with Crippen LogP contribution in [-0.4, -0.2) is 17.0 Å². The van der Waals surface area contributed by atoms with Crippen molar-refractivity contribution in [3.8, 4) is 11.1 Å². The highest BCUT2D eigenvalue weighted by molar-refractivity contribution is 6.12. The maximum atomic E-state index is 12.8. The first kappa shape index (κ1) is 19.1. The topological polar surface area (TPSA) is 72.0 Å². The number of hydrogen-bond acceptors (Lipinski definition) is 5. The van der Waals surface area contributed by atoms with E-state index in [0.717, 1.165) is 27.5 Å². The van der Waals surface area contributed by atoms with Crippen molar-refractivity contribution in [1.29, 1.82) is 0 Å². The molecule has 5 nitrogen and oxygen atoms in total. The third kappa shape index (κ3) is 3.10. The Morgan fingerprint density at radius 1 is 0.968 bits per heavy atom. The summed E-state index contributed by atoms with van der Waals surface area (Å²) in [5, 5.41) is 14.1. The molecule has 2 aromatic carbocycles. The van der Waals surface area contributed by atoms with Crippen LogP contribution in [0, 0.1) is 12.8 Å². The fourth-order valence-corrected chi connectivity index (χ4v) is 4.41. The van der Waals surface area contributed by atoms with E-state index >= 15 is 0 Å². The lowest BCUT2D eigenvalue weighted by Gasteiger charge is -2.18. The van der Waals surface area contributed by atoms with Gasteiger partial charge in [-0.1, -0.05) is 71.9 Å². The summed E-state index contributed by atoms with van der Waals surface area (Å²) in [6.45, 7) is 3.93. The molecule has 0 amide bonds. The van der Waals surface area contributed by atoms with Crippen LogP contribution in [0.25, 0.3) is 23.3 Å². The SMILES string of the molecule is CC1=C(/C(=N\O)c2ccccc2)O[C@H]2C=c3oc(=O)c(-c4ccccc4)c(C)c3=C[C@H]12. The molecular formula is C26H21NO4. The molecule has 1 aliphatic carbocycles. The second kappa shape index (κ2) is 7.43. The van der Waals surface area contributed by atoms with E-state index in [9.17, 15) is 10.0 Å². The second-order valence-electron chi connectivity index (χ2n) is 7.80. The zero-order valence-corrected chi connectivity index (χ0v) is 17.2. The van der Waals surface area contributed by atoms with Gasteiger partial charge in [0, 0.05) is 22.8 Å². The number of nitrogens with zero attached hydrogens (tertiary/aromatic N) is 1. The number of benzene rings is 2.